The van der Waals surface area contributed by atoms with E-state index >= 15 is 0 Å². The number of halogens is 1. The van der Waals surface area contributed by atoms with Crippen LogP contribution in [0, 0.1) is 3.57 Å². The van der Waals surface area contributed by atoms with Gasteiger partial charge in [0.05, 0.1) is 9.26 Å². The molecule has 0 saturated heterocycles. The lowest BCUT2D eigenvalue weighted by Crippen LogP contribution is -2.06. The summed E-state index contributed by atoms with van der Waals surface area (Å²) >= 11 is 2.19. The number of nitrogens with two attached hydrogens (primary N) is 1. The third-order valence-corrected chi connectivity index (χ3v) is 4.15. The van der Waals surface area contributed by atoms with Gasteiger partial charge in [-0.2, -0.15) is 0 Å². The van der Waals surface area contributed by atoms with Crippen molar-refractivity contribution in [2.24, 2.45) is 0 Å². The Morgan fingerprint density at radius 1 is 1.20 bits per heavy atom. The lowest BCUT2D eigenvalue weighted by molar-refractivity contribution is 0.809. The van der Waals surface area contributed by atoms with Gasteiger partial charge in [-0.1, -0.05) is 19.9 Å². The number of pyridine rings is 1. The minimum atomic E-state index is 0.294. The molecule has 0 spiro atoms. The van der Waals surface area contributed by atoms with Crippen LogP contribution in [-0.4, -0.2) is 19.4 Å². The Morgan fingerprint density at radius 2 is 2.00 bits per heavy atom. The predicted octanol–water partition coefficient (Wildman–Crippen LogP) is 3.10. The number of hydrogen-bond acceptors (Lipinski definition) is 4. The van der Waals surface area contributed by atoms with E-state index in [4.69, 9.17) is 5.73 Å². The van der Waals surface area contributed by atoms with Crippen LogP contribution in [0.1, 0.15) is 25.5 Å². The summed E-state index contributed by atoms with van der Waals surface area (Å²) < 4.78 is 2.87. The molecule has 5 nitrogen and oxygen atoms in total. The van der Waals surface area contributed by atoms with Gasteiger partial charge in [-0.05, 0) is 40.6 Å². The van der Waals surface area contributed by atoms with Crippen molar-refractivity contribution in [2.45, 2.75) is 19.8 Å². The Labute approximate surface area is 130 Å². The maximum Gasteiger partial charge on any atom is 0.182 e. The van der Waals surface area contributed by atoms with E-state index in [9.17, 15) is 0 Å². The van der Waals surface area contributed by atoms with Gasteiger partial charge in [0, 0.05) is 12.4 Å². The molecule has 3 heterocycles. The Balaban J connectivity index is 2.18. The number of nitrogens with zero attached hydrogens (tertiary/aromatic N) is 4. The number of rotatable bonds is 2. The van der Waals surface area contributed by atoms with E-state index in [0.29, 0.717) is 17.6 Å². The highest BCUT2D eigenvalue weighted by Gasteiger charge is 2.15. The Hall–Kier alpha value is -1.70. The molecule has 3 aromatic rings. The summed E-state index contributed by atoms with van der Waals surface area (Å²) in [4.78, 5) is 13.5. The summed E-state index contributed by atoms with van der Waals surface area (Å²) in [5.74, 6) is 1.38. The molecule has 0 aliphatic carbocycles. The van der Waals surface area contributed by atoms with Gasteiger partial charge in [0.2, 0.25) is 0 Å². The quantitative estimate of drug-likeness (QED) is 0.695. The zero-order valence-corrected chi connectivity index (χ0v) is 13.4. The minimum absolute atomic E-state index is 0.294. The van der Waals surface area contributed by atoms with Crippen LogP contribution in [0.15, 0.2) is 30.6 Å². The SMILES string of the molecule is CC(C)c1nc(-c2cn3ccccc3n2)nc(N)c1I. The minimum Gasteiger partial charge on any atom is -0.383 e. The van der Waals surface area contributed by atoms with E-state index in [-0.39, 0.29) is 0 Å². The van der Waals surface area contributed by atoms with Crippen molar-refractivity contribution >= 4 is 34.1 Å². The Morgan fingerprint density at radius 3 is 2.70 bits per heavy atom. The first-order valence-corrected chi connectivity index (χ1v) is 7.41. The van der Waals surface area contributed by atoms with E-state index in [1.54, 1.807) is 0 Å². The highest BCUT2D eigenvalue weighted by Crippen LogP contribution is 2.26. The fourth-order valence-electron chi connectivity index (χ4n) is 2.02. The highest BCUT2D eigenvalue weighted by atomic mass is 127. The zero-order chi connectivity index (χ0) is 14.3. The summed E-state index contributed by atoms with van der Waals surface area (Å²) in [6.07, 6.45) is 3.87. The van der Waals surface area contributed by atoms with Crippen molar-refractivity contribution in [3.8, 4) is 11.5 Å². The fourth-order valence-corrected chi connectivity index (χ4v) is 2.89. The zero-order valence-electron chi connectivity index (χ0n) is 11.2. The van der Waals surface area contributed by atoms with Gasteiger partial charge in [0.15, 0.2) is 5.82 Å². The molecule has 0 saturated carbocycles. The van der Waals surface area contributed by atoms with Gasteiger partial charge in [0.25, 0.3) is 0 Å². The molecular formula is C14H14IN5. The summed E-state index contributed by atoms with van der Waals surface area (Å²) in [5.41, 5.74) is 8.57. The van der Waals surface area contributed by atoms with Crippen molar-refractivity contribution in [1.29, 1.82) is 0 Å². The van der Waals surface area contributed by atoms with Crippen LogP contribution in [0.4, 0.5) is 5.82 Å². The molecule has 0 bridgehead atoms. The predicted molar refractivity (Wildman–Crippen MR) is 87.4 cm³/mol. The summed E-state index contributed by atoms with van der Waals surface area (Å²) in [5, 5.41) is 0. The third-order valence-electron chi connectivity index (χ3n) is 3.04. The molecule has 0 fully saturated rings. The first kappa shape index (κ1) is 13.3. The molecule has 0 aromatic carbocycles. The van der Waals surface area contributed by atoms with Crippen LogP contribution >= 0.6 is 22.6 Å². The van der Waals surface area contributed by atoms with Crippen LogP contribution in [0.25, 0.3) is 17.2 Å². The number of anilines is 1. The summed E-state index contributed by atoms with van der Waals surface area (Å²) in [6, 6.07) is 5.86. The molecule has 0 aliphatic heterocycles. The largest absolute Gasteiger partial charge is 0.383 e. The molecule has 0 amide bonds. The number of nitrogen functional groups attached to an aromatic ring is 1. The second kappa shape index (κ2) is 5.01. The van der Waals surface area contributed by atoms with E-state index in [0.717, 1.165) is 20.6 Å². The molecule has 6 heteroatoms. The van der Waals surface area contributed by atoms with E-state index in [1.165, 1.54) is 0 Å². The second-order valence-electron chi connectivity index (χ2n) is 4.88. The van der Waals surface area contributed by atoms with Gasteiger partial charge in [-0.3, -0.25) is 0 Å². The highest BCUT2D eigenvalue weighted by molar-refractivity contribution is 14.1. The summed E-state index contributed by atoms with van der Waals surface area (Å²) in [6.45, 7) is 4.19. The van der Waals surface area contributed by atoms with Crippen LogP contribution in [-0.2, 0) is 0 Å². The van der Waals surface area contributed by atoms with Gasteiger partial charge in [-0.25, -0.2) is 15.0 Å². The van der Waals surface area contributed by atoms with Crippen LogP contribution in [0.5, 0.6) is 0 Å². The molecule has 0 unspecified atom stereocenters. The maximum atomic E-state index is 6.00. The lowest BCUT2D eigenvalue weighted by atomic mass is 10.1. The molecule has 0 aliphatic rings. The smallest absolute Gasteiger partial charge is 0.182 e. The molecular weight excluding hydrogens is 365 g/mol. The standard InChI is InChI=1S/C14H14IN5/c1-8(2)12-11(15)13(16)19-14(18-12)9-7-20-6-4-3-5-10(20)17-9/h3-8H,1-2H3,(H2,16,18,19). The number of fused-ring (bicyclic) bond motifs is 1. The first-order valence-electron chi connectivity index (χ1n) is 6.33. The number of imidazole rings is 1. The first-order chi connectivity index (χ1) is 9.56. The van der Waals surface area contributed by atoms with E-state index in [2.05, 4.69) is 51.4 Å². The molecule has 3 rings (SSSR count). The molecule has 0 atom stereocenters. The monoisotopic (exact) mass is 379 g/mol. The second-order valence-corrected chi connectivity index (χ2v) is 5.96. The Bertz CT molecular complexity index is 745. The number of aromatic nitrogens is 4. The lowest BCUT2D eigenvalue weighted by Gasteiger charge is -2.10. The fraction of sp³-hybridized carbons (Fsp3) is 0.214. The van der Waals surface area contributed by atoms with Crippen molar-refractivity contribution in [2.75, 3.05) is 5.73 Å². The van der Waals surface area contributed by atoms with Gasteiger partial charge >= 0.3 is 0 Å². The van der Waals surface area contributed by atoms with Gasteiger partial charge < -0.3 is 10.1 Å². The maximum absolute atomic E-state index is 6.00. The Kier molecular flexibility index (Phi) is 3.33. The summed E-state index contributed by atoms with van der Waals surface area (Å²) in [7, 11) is 0. The van der Waals surface area contributed by atoms with E-state index < -0.39 is 0 Å². The average molecular weight is 379 g/mol. The number of hydrogen-bond donors (Lipinski definition) is 1. The molecule has 20 heavy (non-hydrogen) atoms. The van der Waals surface area contributed by atoms with Gasteiger partial charge in [0.1, 0.15) is 17.2 Å². The van der Waals surface area contributed by atoms with Crippen molar-refractivity contribution in [1.82, 2.24) is 19.4 Å². The average Bonchev–Trinajstić information content (AvgIpc) is 2.85. The van der Waals surface area contributed by atoms with Crippen LogP contribution in [0.3, 0.4) is 0 Å². The molecule has 2 N–H and O–H groups in total. The van der Waals surface area contributed by atoms with Gasteiger partial charge in [-0.15, -0.1) is 0 Å². The van der Waals surface area contributed by atoms with Crippen LogP contribution in [0.2, 0.25) is 0 Å². The van der Waals surface area contributed by atoms with Crippen molar-refractivity contribution < 1.29 is 0 Å². The molecule has 3 aromatic heterocycles. The molecule has 102 valence electrons. The molecule has 0 radical (unpaired) electrons. The van der Waals surface area contributed by atoms with Crippen molar-refractivity contribution in [3.05, 3.63) is 39.9 Å². The van der Waals surface area contributed by atoms with Crippen LogP contribution < -0.4 is 5.73 Å². The third kappa shape index (κ3) is 2.24. The normalized spacial score (nSPS) is 11.4. The van der Waals surface area contributed by atoms with Crippen molar-refractivity contribution in [3.63, 3.8) is 0 Å². The van der Waals surface area contributed by atoms with E-state index in [1.807, 2.05) is 35.0 Å². The topological polar surface area (TPSA) is 69.1 Å².